The molecule has 64 valence electrons. The van der Waals surface area contributed by atoms with Crippen LogP contribution >= 0.6 is 0 Å². The fourth-order valence-corrected chi connectivity index (χ4v) is 1.32. The normalized spacial score (nSPS) is 9.92. The Kier molecular flexibility index (Phi) is 2.64. The van der Waals surface area contributed by atoms with Crippen LogP contribution in [0.3, 0.4) is 0 Å². The zero-order valence-corrected chi connectivity index (χ0v) is 7.52. The van der Waals surface area contributed by atoms with E-state index in [0.717, 1.165) is 23.1 Å². The van der Waals surface area contributed by atoms with E-state index in [-0.39, 0.29) is 5.82 Å². The van der Waals surface area contributed by atoms with Gasteiger partial charge in [-0.05, 0) is 30.5 Å². The summed E-state index contributed by atoms with van der Waals surface area (Å²) in [5, 5.41) is 0. The van der Waals surface area contributed by atoms with Gasteiger partial charge in [0.15, 0.2) is 0 Å². The lowest BCUT2D eigenvalue weighted by atomic mass is 10.00. The van der Waals surface area contributed by atoms with Crippen molar-refractivity contribution in [3.05, 3.63) is 41.7 Å². The summed E-state index contributed by atoms with van der Waals surface area (Å²) in [5.74, 6) is -0.127. The van der Waals surface area contributed by atoms with Gasteiger partial charge in [0.25, 0.3) is 0 Å². The summed E-state index contributed by atoms with van der Waals surface area (Å²) in [6.45, 7) is 7.65. The van der Waals surface area contributed by atoms with Gasteiger partial charge in [0, 0.05) is 0 Å². The average Bonchev–Trinajstić information content (AvgIpc) is 2.03. The SMILES string of the molecule is C=C(C)c1cccc(F)c1CC. The van der Waals surface area contributed by atoms with E-state index in [4.69, 9.17) is 0 Å². The van der Waals surface area contributed by atoms with Gasteiger partial charge in [-0.1, -0.05) is 31.2 Å². The molecule has 0 bridgehead atoms. The van der Waals surface area contributed by atoms with Crippen LogP contribution in [0.4, 0.5) is 4.39 Å². The lowest BCUT2D eigenvalue weighted by Gasteiger charge is -2.07. The van der Waals surface area contributed by atoms with E-state index in [1.54, 1.807) is 6.07 Å². The highest BCUT2D eigenvalue weighted by molar-refractivity contribution is 5.64. The van der Waals surface area contributed by atoms with Gasteiger partial charge < -0.3 is 0 Å². The molecule has 1 rings (SSSR count). The molecule has 0 spiro atoms. The lowest BCUT2D eigenvalue weighted by Crippen LogP contribution is -1.93. The van der Waals surface area contributed by atoms with E-state index in [1.165, 1.54) is 6.07 Å². The van der Waals surface area contributed by atoms with Crippen molar-refractivity contribution >= 4 is 5.57 Å². The van der Waals surface area contributed by atoms with Gasteiger partial charge in [-0.3, -0.25) is 0 Å². The highest BCUT2D eigenvalue weighted by atomic mass is 19.1. The smallest absolute Gasteiger partial charge is 0.126 e. The molecule has 12 heavy (non-hydrogen) atoms. The maximum absolute atomic E-state index is 13.2. The number of allylic oxidation sites excluding steroid dienone is 1. The maximum Gasteiger partial charge on any atom is 0.126 e. The first kappa shape index (κ1) is 8.98. The van der Waals surface area contributed by atoms with Crippen LogP contribution in [-0.2, 0) is 6.42 Å². The Morgan fingerprint density at radius 3 is 2.58 bits per heavy atom. The van der Waals surface area contributed by atoms with E-state index in [1.807, 2.05) is 19.9 Å². The lowest BCUT2D eigenvalue weighted by molar-refractivity contribution is 0.611. The minimum atomic E-state index is -0.127. The van der Waals surface area contributed by atoms with Crippen molar-refractivity contribution in [1.29, 1.82) is 0 Å². The molecule has 0 aromatic heterocycles. The number of halogens is 1. The topological polar surface area (TPSA) is 0 Å². The van der Waals surface area contributed by atoms with Crippen LogP contribution < -0.4 is 0 Å². The van der Waals surface area contributed by atoms with Gasteiger partial charge in [-0.25, -0.2) is 4.39 Å². The van der Waals surface area contributed by atoms with Gasteiger partial charge >= 0.3 is 0 Å². The monoisotopic (exact) mass is 164 g/mol. The summed E-state index contributed by atoms with van der Waals surface area (Å²) in [6.07, 6.45) is 0.717. The highest BCUT2D eigenvalue weighted by Gasteiger charge is 2.05. The molecule has 0 amide bonds. The highest BCUT2D eigenvalue weighted by Crippen LogP contribution is 2.20. The summed E-state index contributed by atoms with van der Waals surface area (Å²) in [7, 11) is 0. The van der Waals surface area contributed by atoms with Gasteiger partial charge in [0.2, 0.25) is 0 Å². The fraction of sp³-hybridized carbons (Fsp3) is 0.273. The predicted octanol–water partition coefficient (Wildman–Crippen LogP) is 3.42. The van der Waals surface area contributed by atoms with Crippen LogP contribution in [0.1, 0.15) is 25.0 Å². The number of hydrogen-bond donors (Lipinski definition) is 0. The molecule has 0 heterocycles. The molecule has 0 aliphatic carbocycles. The molecular weight excluding hydrogens is 151 g/mol. The van der Waals surface area contributed by atoms with E-state index < -0.39 is 0 Å². The minimum Gasteiger partial charge on any atom is -0.207 e. The molecular formula is C11H13F. The standard InChI is InChI=1S/C11H13F/c1-4-9-10(8(2)3)6-5-7-11(9)12/h5-7H,2,4H2,1,3H3. The summed E-state index contributed by atoms with van der Waals surface area (Å²) in [6, 6.07) is 5.12. The summed E-state index contributed by atoms with van der Waals surface area (Å²) < 4.78 is 13.2. The predicted molar refractivity (Wildman–Crippen MR) is 50.5 cm³/mol. The first-order chi connectivity index (χ1) is 5.66. The summed E-state index contributed by atoms with van der Waals surface area (Å²) >= 11 is 0. The number of hydrogen-bond acceptors (Lipinski definition) is 0. The van der Waals surface area contributed by atoms with Crippen molar-refractivity contribution in [2.24, 2.45) is 0 Å². The zero-order chi connectivity index (χ0) is 9.14. The first-order valence-corrected chi connectivity index (χ1v) is 4.10. The Balaban J connectivity index is 3.27. The largest absolute Gasteiger partial charge is 0.207 e. The molecule has 1 aromatic carbocycles. The third-order valence-corrected chi connectivity index (χ3v) is 1.93. The van der Waals surface area contributed by atoms with E-state index in [9.17, 15) is 4.39 Å². The number of benzene rings is 1. The average molecular weight is 164 g/mol. The van der Waals surface area contributed by atoms with Crippen LogP contribution in [-0.4, -0.2) is 0 Å². The molecule has 0 aliphatic heterocycles. The molecule has 0 N–H and O–H groups in total. The summed E-state index contributed by atoms with van der Waals surface area (Å²) in [5.41, 5.74) is 2.63. The Bertz CT molecular complexity index is 300. The second-order valence-corrected chi connectivity index (χ2v) is 2.90. The van der Waals surface area contributed by atoms with Crippen molar-refractivity contribution in [3.8, 4) is 0 Å². The molecule has 0 saturated carbocycles. The van der Waals surface area contributed by atoms with Gasteiger partial charge in [-0.15, -0.1) is 0 Å². The van der Waals surface area contributed by atoms with Crippen molar-refractivity contribution in [1.82, 2.24) is 0 Å². The molecule has 0 radical (unpaired) electrons. The van der Waals surface area contributed by atoms with Gasteiger partial charge in [0.05, 0.1) is 0 Å². The molecule has 0 saturated heterocycles. The Morgan fingerprint density at radius 1 is 1.50 bits per heavy atom. The first-order valence-electron chi connectivity index (χ1n) is 4.10. The van der Waals surface area contributed by atoms with E-state index in [0.29, 0.717) is 0 Å². The molecule has 0 nitrogen and oxygen atoms in total. The zero-order valence-electron chi connectivity index (χ0n) is 7.52. The van der Waals surface area contributed by atoms with Crippen molar-refractivity contribution < 1.29 is 4.39 Å². The van der Waals surface area contributed by atoms with Crippen molar-refractivity contribution in [3.63, 3.8) is 0 Å². The van der Waals surface area contributed by atoms with Gasteiger partial charge in [-0.2, -0.15) is 0 Å². The Hall–Kier alpha value is -1.11. The summed E-state index contributed by atoms with van der Waals surface area (Å²) in [4.78, 5) is 0. The van der Waals surface area contributed by atoms with Gasteiger partial charge in [0.1, 0.15) is 5.82 Å². The van der Waals surface area contributed by atoms with Crippen LogP contribution in [0.25, 0.3) is 5.57 Å². The third-order valence-electron chi connectivity index (χ3n) is 1.93. The van der Waals surface area contributed by atoms with E-state index in [2.05, 4.69) is 6.58 Å². The Morgan fingerprint density at radius 2 is 2.17 bits per heavy atom. The van der Waals surface area contributed by atoms with Crippen molar-refractivity contribution in [2.45, 2.75) is 20.3 Å². The van der Waals surface area contributed by atoms with Crippen molar-refractivity contribution in [2.75, 3.05) is 0 Å². The second-order valence-electron chi connectivity index (χ2n) is 2.90. The molecule has 1 aromatic rings. The van der Waals surface area contributed by atoms with Crippen LogP contribution in [0, 0.1) is 5.82 Å². The van der Waals surface area contributed by atoms with Crippen LogP contribution in [0.2, 0.25) is 0 Å². The quantitative estimate of drug-likeness (QED) is 0.628. The Labute approximate surface area is 72.7 Å². The maximum atomic E-state index is 13.2. The molecule has 0 aliphatic rings. The van der Waals surface area contributed by atoms with Crippen LogP contribution in [0.5, 0.6) is 0 Å². The second kappa shape index (κ2) is 3.53. The van der Waals surface area contributed by atoms with E-state index >= 15 is 0 Å². The molecule has 1 heteroatoms. The molecule has 0 atom stereocenters. The minimum absolute atomic E-state index is 0.127. The number of rotatable bonds is 2. The molecule has 0 unspecified atom stereocenters. The van der Waals surface area contributed by atoms with Crippen LogP contribution in [0.15, 0.2) is 24.8 Å². The molecule has 0 fully saturated rings. The third kappa shape index (κ3) is 1.55. The fourth-order valence-electron chi connectivity index (χ4n) is 1.32.